The molecule has 0 unspecified atom stereocenters. The van der Waals surface area contributed by atoms with Gasteiger partial charge in [-0.2, -0.15) is 0 Å². The average Bonchev–Trinajstić information content (AvgIpc) is 2.62. The van der Waals surface area contributed by atoms with Crippen LogP contribution >= 0.6 is 0 Å². The summed E-state index contributed by atoms with van der Waals surface area (Å²) < 4.78 is 0. The predicted molar refractivity (Wildman–Crippen MR) is 50.3 cm³/mol. The Morgan fingerprint density at radius 2 is 2.00 bits per heavy atom. The lowest BCUT2D eigenvalue weighted by molar-refractivity contribution is -0.131. The normalized spacial score (nSPS) is 10.3. The third-order valence-electron chi connectivity index (χ3n) is 2.01. The van der Waals surface area contributed by atoms with Gasteiger partial charge in [0.1, 0.15) is 0 Å². The highest BCUT2D eigenvalue weighted by Crippen LogP contribution is 2.14. The van der Waals surface area contributed by atoms with Crippen LogP contribution in [0.4, 0.5) is 0 Å². The summed E-state index contributed by atoms with van der Waals surface area (Å²) in [6, 6.07) is 6.60. The number of fused-ring (bicyclic) bond motifs is 1. The van der Waals surface area contributed by atoms with Crippen LogP contribution in [0.5, 0.6) is 0 Å². The van der Waals surface area contributed by atoms with Crippen molar-refractivity contribution in [2.75, 3.05) is 0 Å². The molecule has 1 aromatic heterocycles. The molecule has 0 radical (unpaired) electrons. The number of benzene rings is 1. The zero-order chi connectivity index (χ0) is 10.1. The number of carboxylic acid groups (broad SMARTS) is 1. The van der Waals surface area contributed by atoms with Crippen molar-refractivity contribution >= 4 is 22.7 Å². The van der Waals surface area contributed by atoms with Gasteiger partial charge in [-0.15, -0.1) is 0 Å². The minimum atomic E-state index is -1.43. The van der Waals surface area contributed by atoms with E-state index in [-0.39, 0.29) is 5.56 Å². The van der Waals surface area contributed by atoms with Crippen LogP contribution in [-0.2, 0) is 4.79 Å². The second-order valence-corrected chi connectivity index (χ2v) is 2.91. The minimum absolute atomic E-state index is 0.187. The lowest BCUT2D eigenvalue weighted by atomic mass is 10.1. The Morgan fingerprint density at radius 1 is 1.21 bits per heavy atom. The van der Waals surface area contributed by atoms with Crippen LogP contribution < -0.4 is 0 Å². The fourth-order valence-electron chi connectivity index (χ4n) is 1.31. The van der Waals surface area contributed by atoms with Crippen molar-refractivity contribution in [3.63, 3.8) is 0 Å². The van der Waals surface area contributed by atoms with Gasteiger partial charge in [-0.1, -0.05) is 12.1 Å². The van der Waals surface area contributed by atoms with Crippen molar-refractivity contribution in [2.45, 2.75) is 0 Å². The molecule has 0 spiro atoms. The summed E-state index contributed by atoms with van der Waals surface area (Å²) in [6.45, 7) is 0. The highest BCUT2D eigenvalue weighted by Gasteiger charge is 2.14. The average molecular weight is 189 g/mol. The quantitative estimate of drug-likeness (QED) is 0.554. The SMILES string of the molecule is O=C(O)C(=O)c1ccc2cc[nH]c2c1. The number of Topliss-reactive ketones (excluding diaryl/α,β-unsaturated/α-hetero) is 1. The second-order valence-electron chi connectivity index (χ2n) is 2.91. The van der Waals surface area contributed by atoms with Gasteiger partial charge in [-0.05, 0) is 17.5 Å². The van der Waals surface area contributed by atoms with Gasteiger partial charge in [0.15, 0.2) is 0 Å². The summed E-state index contributed by atoms with van der Waals surface area (Å²) in [5.74, 6) is -2.32. The molecule has 0 aliphatic carbocycles. The number of carboxylic acids is 1. The zero-order valence-electron chi connectivity index (χ0n) is 7.15. The van der Waals surface area contributed by atoms with Gasteiger partial charge in [-0.3, -0.25) is 4.79 Å². The molecular formula is C10H7NO3. The Labute approximate surface area is 79.2 Å². The summed E-state index contributed by atoms with van der Waals surface area (Å²) in [4.78, 5) is 24.4. The van der Waals surface area contributed by atoms with Crippen molar-refractivity contribution in [1.29, 1.82) is 0 Å². The molecule has 14 heavy (non-hydrogen) atoms. The Kier molecular flexibility index (Phi) is 1.81. The molecule has 1 aromatic carbocycles. The number of ketones is 1. The molecule has 0 fully saturated rings. The van der Waals surface area contributed by atoms with Crippen LogP contribution in [-0.4, -0.2) is 21.8 Å². The summed E-state index contributed by atoms with van der Waals surface area (Å²) in [6.07, 6.45) is 1.74. The van der Waals surface area contributed by atoms with E-state index in [1.54, 1.807) is 12.3 Å². The van der Waals surface area contributed by atoms with Gasteiger partial charge in [-0.25, -0.2) is 4.79 Å². The number of nitrogens with one attached hydrogen (secondary N) is 1. The topological polar surface area (TPSA) is 70.2 Å². The molecule has 0 aliphatic rings. The fraction of sp³-hybridized carbons (Fsp3) is 0. The monoisotopic (exact) mass is 189 g/mol. The number of carbonyl (C=O) groups excluding carboxylic acids is 1. The van der Waals surface area contributed by atoms with Crippen LogP contribution in [0, 0.1) is 0 Å². The maximum absolute atomic E-state index is 11.1. The first kappa shape index (κ1) is 8.50. The second kappa shape index (κ2) is 2.99. The van der Waals surface area contributed by atoms with Crippen molar-refractivity contribution < 1.29 is 14.7 Å². The van der Waals surface area contributed by atoms with Crippen LogP contribution in [0.15, 0.2) is 30.5 Å². The van der Waals surface area contributed by atoms with E-state index >= 15 is 0 Å². The molecule has 1 heterocycles. The number of aromatic amines is 1. The van der Waals surface area contributed by atoms with Crippen molar-refractivity contribution in [3.05, 3.63) is 36.0 Å². The fourth-order valence-corrected chi connectivity index (χ4v) is 1.31. The summed E-state index contributed by atoms with van der Waals surface area (Å²) >= 11 is 0. The highest BCUT2D eigenvalue weighted by molar-refractivity contribution is 6.40. The molecule has 0 saturated heterocycles. The summed E-state index contributed by atoms with van der Waals surface area (Å²) in [5, 5.41) is 9.45. The third kappa shape index (κ3) is 1.26. The third-order valence-corrected chi connectivity index (χ3v) is 2.01. The van der Waals surface area contributed by atoms with E-state index in [0.717, 1.165) is 10.9 Å². The van der Waals surface area contributed by atoms with E-state index in [0.29, 0.717) is 0 Å². The van der Waals surface area contributed by atoms with Gasteiger partial charge in [0, 0.05) is 17.3 Å². The molecule has 2 rings (SSSR count). The number of hydrogen-bond donors (Lipinski definition) is 2. The number of rotatable bonds is 2. The molecule has 4 heteroatoms. The van der Waals surface area contributed by atoms with Gasteiger partial charge in [0.25, 0.3) is 5.78 Å². The van der Waals surface area contributed by atoms with E-state index in [1.807, 2.05) is 6.07 Å². The smallest absolute Gasteiger partial charge is 0.377 e. The van der Waals surface area contributed by atoms with Crippen LogP contribution in [0.25, 0.3) is 10.9 Å². The Hall–Kier alpha value is -2.10. The first-order chi connectivity index (χ1) is 6.68. The van der Waals surface area contributed by atoms with Crippen molar-refractivity contribution in [3.8, 4) is 0 Å². The molecule has 0 bridgehead atoms. The molecule has 0 aliphatic heterocycles. The largest absolute Gasteiger partial charge is 0.475 e. The molecular weight excluding hydrogens is 182 g/mol. The Balaban J connectivity index is 2.54. The standard InChI is InChI=1S/C10H7NO3/c12-9(10(13)14)7-2-1-6-3-4-11-8(6)5-7/h1-5,11H,(H,13,14). The van der Waals surface area contributed by atoms with Crippen LogP contribution in [0.2, 0.25) is 0 Å². The van der Waals surface area contributed by atoms with Gasteiger partial charge in [0.05, 0.1) is 0 Å². The number of hydrogen-bond acceptors (Lipinski definition) is 2. The van der Waals surface area contributed by atoms with E-state index in [2.05, 4.69) is 4.98 Å². The van der Waals surface area contributed by atoms with E-state index in [1.165, 1.54) is 12.1 Å². The Bertz CT molecular complexity index is 513. The lowest BCUT2D eigenvalue weighted by Gasteiger charge is -1.95. The first-order valence-corrected chi connectivity index (χ1v) is 4.03. The minimum Gasteiger partial charge on any atom is -0.475 e. The van der Waals surface area contributed by atoms with Crippen LogP contribution in [0.3, 0.4) is 0 Å². The first-order valence-electron chi connectivity index (χ1n) is 4.03. The molecule has 0 saturated carbocycles. The lowest BCUT2D eigenvalue weighted by Crippen LogP contribution is -2.12. The van der Waals surface area contributed by atoms with E-state index in [4.69, 9.17) is 5.11 Å². The summed E-state index contributed by atoms with van der Waals surface area (Å²) in [5.41, 5.74) is 0.949. The number of H-pyrrole nitrogens is 1. The summed E-state index contributed by atoms with van der Waals surface area (Å²) in [7, 11) is 0. The maximum Gasteiger partial charge on any atom is 0.377 e. The van der Waals surface area contributed by atoms with Gasteiger partial charge >= 0.3 is 5.97 Å². The zero-order valence-corrected chi connectivity index (χ0v) is 7.15. The predicted octanol–water partition coefficient (Wildman–Crippen LogP) is 1.44. The molecule has 0 amide bonds. The number of aromatic nitrogens is 1. The number of aliphatic carboxylic acids is 1. The van der Waals surface area contributed by atoms with Gasteiger partial charge < -0.3 is 10.1 Å². The molecule has 2 aromatic rings. The van der Waals surface area contributed by atoms with Crippen LogP contribution in [0.1, 0.15) is 10.4 Å². The van der Waals surface area contributed by atoms with Crippen molar-refractivity contribution in [2.24, 2.45) is 0 Å². The molecule has 70 valence electrons. The highest BCUT2D eigenvalue weighted by atomic mass is 16.4. The molecule has 0 atom stereocenters. The maximum atomic E-state index is 11.1. The molecule has 4 nitrogen and oxygen atoms in total. The van der Waals surface area contributed by atoms with Gasteiger partial charge in [0.2, 0.25) is 0 Å². The van der Waals surface area contributed by atoms with Crippen molar-refractivity contribution in [1.82, 2.24) is 4.98 Å². The number of carbonyl (C=O) groups is 2. The Morgan fingerprint density at radius 3 is 2.71 bits per heavy atom. The van der Waals surface area contributed by atoms with E-state index < -0.39 is 11.8 Å². The molecule has 2 N–H and O–H groups in total. The van der Waals surface area contributed by atoms with E-state index in [9.17, 15) is 9.59 Å².